The molecule has 8 rings (SSSR count). The van der Waals surface area contributed by atoms with Gasteiger partial charge in [0.15, 0.2) is 5.78 Å². The molecule has 2 aromatic carbocycles. The average Bonchev–Trinajstić information content (AvgIpc) is 4.21. The summed E-state index contributed by atoms with van der Waals surface area (Å²) in [6.07, 6.45) is 10.6. The molecule has 2 aromatic heterocycles. The van der Waals surface area contributed by atoms with Gasteiger partial charge in [0, 0.05) is 24.1 Å². The van der Waals surface area contributed by atoms with Gasteiger partial charge in [-0.05, 0) is 109 Å². The Morgan fingerprint density at radius 2 is 1.40 bits per heavy atom. The van der Waals surface area contributed by atoms with Crippen LogP contribution in [-0.2, 0) is 23.9 Å². The smallest absolute Gasteiger partial charge is 0.407 e. The van der Waals surface area contributed by atoms with Crippen molar-refractivity contribution >= 4 is 52.0 Å². The van der Waals surface area contributed by atoms with E-state index in [4.69, 9.17) is 19.4 Å². The standard InChI is InChI=1S/C53H66N8O7/c1-9-35(34-21-22-38-39(27-34)56-48(55-38)42-16-14-26-61(42)50(64)45(31(5)6)59-52(66)68-8)37-28-53(23-11-12-24-53)46(62)43(37)36(10-2)32-17-19-33(20-18-32)40-29-54-47(57-40)41-15-13-25-60(41)49(63)44(30(3)4)58-51(65)67-7/h10,17-22,27,29-31,41-42,44-45H,2,9,11-16,23-26,28H2,1,3-8H3,(H,54,57)(H,55,56)(H,58,65)(H,59,66)/b37-35+,43-36-. The van der Waals surface area contributed by atoms with E-state index in [1.54, 1.807) is 11.1 Å². The normalized spacial score (nSPS) is 21.5. The zero-order chi connectivity index (χ0) is 48.4. The Bertz CT molecular complexity index is 2650. The van der Waals surface area contributed by atoms with Crippen LogP contribution in [0, 0.1) is 17.3 Å². The molecule has 4 N–H and O–H groups in total. The van der Waals surface area contributed by atoms with Gasteiger partial charge in [-0.15, -0.1) is 0 Å². The number of alkyl carbamates (subject to hydrolysis) is 2. The molecule has 68 heavy (non-hydrogen) atoms. The van der Waals surface area contributed by atoms with E-state index in [0.29, 0.717) is 37.6 Å². The zero-order valence-electron chi connectivity index (χ0n) is 40.5. The molecule has 4 amide bonds. The Balaban J connectivity index is 1.09. The monoisotopic (exact) mass is 927 g/mol. The number of allylic oxidation sites excluding steroid dienone is 5. The summed E-state index contributed by atoms with van der Waals surface area (Å²) in [6.45, 7) is 15.2. The maximum atomic E-state index is 14.9. The number of nitrogens with zero attached hydrogens (tertiary/aromatic N) is 4. The molecule has 2 saturated carbocycles. The van der Waals surface area contributed by atoms with Crippen LogP contribution in [0.3, 0.4) is 0 Å². The summed E-state index contributed by atoms with van der Waals surface area (Å²) in [5.74, 6) is 1.00. The summed E-state index contributed by atoms with van der Waals surface area (Å²) in [7, 11) is 2.58. The summed E-state index contributed by atoms with van der Waals surface area (Å²) < 4.78 is 9.62. The number of carbonyl (C=O) groups excluding carboxylic acids is 5. The molecule has 2 aliphatic carbocycles. The Kier molecular flexibility index (Phi) is 14.1. The highest BCUT2D eigenvalue weighted by Gasteiger charge is 2.50. The number of methoxy groups -OCH3 is 2. The van der Waals surface area contributed by atoms with Gasteiger partial charge in [0.2, 0.25) is 11.8 Å². The lowest BCUT2D eigenvalue weighted by molar-refractivity contribution is -0.136. The maximum Gasteiger partial charge on any atom is 0.407 e. The third-order valence-corrected chi connectivity index (χ3v) is 14.7. The number of hydrogen-bond acceptors (Lipinski definition) is 9. The average molecular weight is 927 g/mol. The van der Waals surface area contributed by atoms with Gasteiger partial charge in [-0.25, -0.2) is 19.6 Å². The van der Waals surface area contributed by atoms with Crippen LogP contribution in [0.1, 0.15) is 134 Å². The number of nitrogens with one attached hydrogen (secondary N) is 4. The lowest BCUT2D eigenvalue weighted by atomic mass is 9.82. The van der Waals surface area contributed by atoms with E-state index < -0.39 is 29.7 Å². The first-order chi connectivity index (χ1) is 32.7. The molecule has 1 spiro atoms. The third kappa shape index (κ3) is 9.11. The first kappa shape index (κ1) is 48.0. The molecular weight excluding hydrogens is 861 g/mol. The highest BCUT2D eigenvalue weighted by molar-refractivity contribution is 6.16. The van der Waals surface area contributed by atoms with Gasteiger partial charge >= 0.3 is 12.2 Å². The van der Waals surface area contributed by atoms with Gasteiger partial charge in [0.05, 0.1) is 49.2 Å². The van der Waals surface area contributed by atoms with Gasteiger partial charge in [-0.2, -0.15) is 0 Å². The van der Waals surface area contributed by atoms with Crippen LogP contribution in [0.2, 0.25) is 0 Å². The van der Waals surface area contributed by atoms with Crippen molar-refractivity contribution in [1.29, 1.82) is 0 Å². The van der Waals surface area contributed by atoms with Gasteiger partial charge in [0.1, 0.15) is 23.7 Å². The molecule has 2 aliphatic heterocycles. The molecule has 4 heterocycles. The first-order valence-electron chi connectivity index (χ1n) is 24.3. The van der Waals surface area contributed by atoms with Gasteiger partial charge in [-0.1, -0.05) is 90.4 Å². The number of aromatic amines is 2. The number of H-pyrrole nitrogens is 2. The second-order valence-electron chi connectivity index (χ2n) is 19.5. The van der Waals surface area contributed by atoms with Crippen molar-refractivity contribution in [1.82, 2.24) is 40.4 Å². The Labute approximate surface area is 398 Å². The number of rotatable bonds is 13. The van der Waals surface area contributed by atoms with Crippen molar-refractivity contribution in [2.24, 2.45) is 17.3 Å². The van der Waals surface area contributed by atoms with Crippen molar-refractivity contribution in [3.8, 4) is 11.3 Å². The zero-order valence-corrected chi connectivity index (χ0v) is 40.5. The fourth-order valence-electron chi connectivity index (χ4n) is 11.1. The van der Waals surface area contributed by atoms with E-state index in [0.717, 1.165) is 107 Å². The lowest BCUT2D eigenvalue weighted by Gasteiger charge is -2.30. The van der Waals surface area contributed by atoms with E-state index in [9.17, 15) is 24.0 Å². The molecule has 4 fully saturated rings. The first-order valence-corrected chi connectivity index (χ1v) is 24.3. The number of aromatic nitrogens is 4. The van der Waals surface area contributed by atoms with E-state index >= 15 is 0 Å². The van der Waals surface area contributed by atoms with Gasteiger partial charge in [0.25, 0.3) is 0 Å². The van der Waals surface area contributed by atoms with Crippen molar-refractivity contribution in [2.45, 2.75) is 123 Å². The number of hydrogen-bond donors (Lipinski definition) is 4. The van der Waals surface area contributed by atoms with Crippen molar-refractivity contribution < 1.29 is 33.4 Å². The van der Waals surface area contributed by atoms with E-state index in [2.05, 4.69) is 46.2 Å². The molecule has 2 saturated heterocycles. The topological polar surface area (TPSA) is 192 Å². The second kappa shape index (κ2) is 20.0. The van der Waals surface area contributed by atoms with Crippen LogP contribution < -0.4 is 10.6 Å². The van der Waals surface area contributed by atoms with Crippen LogP contribution >= 0.6 is 0 Å². The number of ketones is 1. The van der Waals surface area contributed by atoms with Crippen molar-refractivity contribution in [3.05, 3.63) is 95.2 Å². The number of benzene rings is 2. The molecule has 0 bridgehead atoms. The fourth-order valence-corrected chi connectivity index (χ4v) is 11.1. The molecule has 4 aliphatic rings. The van der Waals surface area contributed by atoms with E-state index in [-0.39, 0.29) is 41.5 Å². The van der Waals surface area contributed by atoms with Crippen LogP contribution in [0.25, 0.3) is 33.4 Å². The second-order valence-corrected chi connectivity index (χ2v) is 19.5. The van der Waals surface area contributed by atoms with E-state index in [1.165, 1.54) is 14.2 Å². The summed E-state index contributed by atoms with van der Waals surface area (Å²) >= 11 is 0. The number of Topliss-reactive ketones (excluding diaryl/α,β-unsaturated/α-hetero) is 1. The van der Waals surface area contributed by atoms with Crippen LogP contribution in [0.4, 0.5) is 9.59 Å². The minimum Gasteiger partial charge on any atom is -0.453 e. The largest absolute Gasteiger partial charge is 0.453 e. The Hall–Kier alpha value is -6.51. The van der Waals surface area contributed by atoms with Crippen LogP contribution in [0.15, 0.2) is 72.5 Å². The highest BCUT2D eigenvalue weighted by atomic mass is 16.5. The molecule has 360 valence electrons. The minimum absolute atomic E-state index is 0.134. The molecule has 4 atom stereocenters. The van der Waals surface area contributed by atoms with Crippen LogP contribution in [-0.4, -0.2) is 98.9 Å². The van der Waals surface area contributed by atoms with Gasteiger partial charge in [-0.3, -0.25) is 14.4 Å². The van der Waals surface area contributed by atoms with Crippen molar-refractivity contribution in [2.75, 3.05) is 27.3 Å². The molecule has 15 heteroatoms. The number of amides is 4. The molecule has 4 unspecified atom stereocenters. The SMILES string of the molecule is C=C/C(=C1/C(=O)C2(CCCC2)C/C1=C(/CC)c1ccc2nc(C3CCCN3C(=O)C(NC(=O)OC)C(C)C)[nH]c2c1)c1ccc(-c2cnc(C3CCCN3C(=O)C(NC(=O)OC)C(C)C)[nH]2)cc1. The number of imidazole rings is 2. The highest BCUT2D eigenvalue weighted by Crippen LogP contribution is 2.56. The molecular formula is C53H66N8O7. The number of fused-ring (bicyclic) bond motifs is 1. The van der Waals surface area contributed by atoms with E-state index in [1.807, 2.05) is 69.0 Å². The quantitative estimate of drug-likeness (QED) is 0.0946. The fraction of sp³-hybridized carbons (Fsp3) is 0.491. The number of likely N-dealkylation sites (tertiary alicyclic amines) is 2. The molecule has 4 aromatic rings. The number of ether oxygens (including phenoxy) is 2. The summed E-state index contributed by atoms with van der Waals surface area (Å²) in [6, 6.07) is 12.4. The third-order valence-electron chi connectivity index (χ3n) is 14.7. The van der Waals surface area contributed by atoms with Crippen LogP contribution in [0.5, 0.6) is 0 Å². The number of carbonyl (C=O) groups is 5. The summed E-state index contributed by atoms with van der Waals surface area (Å²) in [5, 5.41) is 5.44. The van der Waals surface area contributed by atoms with Crippen molar-refractivity contribution in [3.63, 3.8) is 0 Å². The summed E-state index contributed by atoms with van der Waals surface area (Å²) in [4.78, 5) is 87.2. The maximum absolute atomic E-state index is 14.9. The predicted molar refractivity (Wildman–Crippen MR) is 261 cm³/mol. The predicted octanol–water partition coefficient (Wildman–Crippen LogP) is 9.38. The Morgan fingerprint density at radius 1 is 0.824 bits per heavy atom. The minimum atomic E-state index is -0.725. The lowest BCUT2D eigenvalue weighted by Crippen LogP contribution is -2.51. The Morgan fingerprint density at radius 3 is 1.94 bits per heavy atom. The van der Waals surface area contributed by atoms with Gasteiger partial charge < -0.3 is 39.9 Å². The molecule has 0 radical (unpaired) electrons. The molecule has 15 nitrogen and oxygen atoms in total. The summed E-state index contributed by atoms with van der Waals surface area (Å²) in [5.41, 5.74) is 8.58.